The van der Waals surface area contributed by atoms with Crippen LogP contribution in [-0.2, 0) is 16.0 Å². The number of methoxy groups -OCH3 is 1. The minimum atomic E-state index is -0.606. The number of benzene rings is 3. The maximum absolute atomic E-state index is 13.4. The third-order valence-corrected chi connectivity index (χ3v) is 5.97. The number of rotatable bonds is 13. The zero-order valence-corrected chi connectivity index (χ0v) is 21.1. The van der Waals surface area contributed by atoms with Crippen molar-refractivity contribution in [1.82, 2.24) is 10.6 Å². The number of carbonyl (C=O) groups is 2. The van der Waals surface area contributed by atoms with Crippen LogP contribution in [0, 0.1) is 0 Å². The molecule has 0 heterocycles. The van der Waals surface area contributed by atoms with Gasteiger partial charge < -0.3 is 21.5 Å². The van der Waals surface area contributed by atoms with Crippen LogP contribution in [0.2, 0.25) is 0 Å². The van der Waals surface area contributed by atoms with Crippen LogP contribution in [0.1, 0.15) is 35.4 Å². The Morgan fingerprint density at radius 2 is 1.54 bits per heavy atom. The number of nitrogens with zero attached hydrogens (tertiary/aromatic N) is 1. The predicted octanol–water partition coefficient (Wildman–Crippen LogP) is 2.72. The topological polar surface area (TPSA) is 132 Å². The summed E-state index contributed by atoms with van der Waals surface area (Å²) in [4.78, 5) is 30.7. The quantitative estimate of drug-likeness (QED) is 0.162. The van der Waals surface area contributed by atoms with Gasteiger partial charge in [-0.05, 0) is 54.6 Å². The van der Waals surface area contributed by atoms with E-state index in [4.69, 9.17) is 16.2 Å². The Hall–Kier alpha value is -4.17. The lowest BCUT2D eigenvalue weighted by Gasteiger charge is -2.21. The Labute approximate surface area is 218 Å². The van der Waals surface area contributed by atoms with Crippen molar-refractivity contribution < 1.29 is 14.3 Å². The summed E-state index contributed by atoms with van der Waals surface area (Å²) in [5.74, 6) is -0.563. The minimum absolute atomic E-state index is 0.00993. The van der Waals surface area contributed by atoms with Gasteiger partial charge in [0.2, 0.25) is 11.8 Å². The first-order chi connectivity index (χ1) is 18.0. The van der Waals surface area contributed by atoms with Crippen LogP contribution in [0.15, 0.2) is 89.9 Å². The van der Waals surface area contributed by atoms with Crippen LogP contribution >= 0.6 is 0 Å². The summed E-state index contributed by atoms with van der Waals surface area (Å²) in [6.45, 7) is 0.941. The molecule has 3 rings (SSSR count). The van der Waals surface area contributed by atoms with E-state index in [1.807, 2.05) is 84.9 Å². The molecule has 3 aromatic carbocycles. The summed E-state index contributed by atoms with van der Waals surface area (Å²) in [5, 5.41) is 5.95. The largest absolute Gasteiger partial charge is 0.497 e. The predicted molar refractivity (Wildman–Crippen MR) is 146 cm³/mol. The SMILES string of the molecule is COc1cccc(CCN[C@@H](CCCN=C(N)N)C(=O)NC(=O)C(c2ccccc2)c2ccccc2)c1. The first kappa shape index (κ1) is 27.4. The van der Waals surface area contributed by atoms with Gasteiger partial charge >= 0.3 is 0 Å². The molecule has 8 nitrogen and oxygen atoms in total. The maximum atomic E-state index is 13.4. The standard InChI is InChI=1S/C29H35N5O3/c1-37-24-15-8-10-21(20-24)17-19-32-25(16-9-18-33-29(30)31)27(35)34-28(36)26(22-11-4-2-5-12-22)23-13-6-3-7-14-23/h2-8,10-15,20,25-26,32H,9,16-19H2,1H3,(H4,30,31,33)(H,34,35,36)/t25-/m0/s1. The van der Waals surface area contributed by atoms with E-state index in [0.29, 0.717) is 32.4 Å². The summed E-state index contributed by atoms with van der Waals surface area (Å²) in [6.07, 6.45) is 1.74. The number of imide groups is 1. The second kappa shape index (κ2) is 14.4. The summed E-state index contributed by atoms with van der Waals surface area (Å²) in [7, 11) is 1.63. The number of aliphatic imine (C=N–C) groups is 1. The van der Waals surface area contributed by atoms with E-state index in [0.717, 1.165) is 22.4 Å². The molecular weight excluding hydrogens is 466 g/mol. The average Bonchev–Trinajstić information content (AvgIpc) is 2.91. The lowest BCUT2D eigenvalue weighted by atomic mass is 9.90. The summed E-state index contributed by atoms with van der Waals surface area (Å²) < 4.78 is 5.29. The number of carbonyl (C=O) groups excluding carboxylic acids is 2. The molecule has 3 aromatic rings. The van der Waals surface area contributed by atoms with Gasteiger partial charge in [0.1, 0.15) is 5.75 Å². The first-order valence-corrected chi connectivity index (χ1v) is 12.3. The number of nitrogens with one attached hydrogen (secondary N) is 2. The van der Waals surface area contributed by atoms with Crippen molar-refractivity contribution in [3.8, 4) is 5.75 Å². The molecule has 2 amide bonds. The number of ether oxygens (including phenoxy) is 1. The van der Waals surface area contributed by atoms with Crippen molar-refractivity contribution in [3.05, 3.63) is 102 Å². The lowest BCUT2D eigenvalue weighted by molar-refractivity contribution is -0.132. The normalized spacial score (nSPS) is 11.5. The molecule has 0 radical (unpaired) electrons. The van der Waals surface area contributed by atoms with Crippen LogP contribution < -0.4 is 26.8 Å². The molecule has 0 aliphatic rings. The molecule has 0 saturated heterocycles. The van der Waals surface area contributed by atoms with E-state index in [1.165, 1.54) is 0 Å². The molecule has 0 aromatic heterocycles. The van der Waals surface area contributed by atoms with Crippen LogP contribution in [0.4, 0.5) is 0 Å². The molecule has 8 heteroatoms. The van der Waals surface area contributed by atoms with Gasteiger partial charge in [-0.3, -0.25) is 19.9 Å². The first-order valence-electron chi connectivity index (χ1n) is 12.3. The molecule has 0 unspecified atom stereocenters. The molecule has 1 atom stereocenters. The Kier molecular flexibility index (Phi) is 10.7. The number of amides is 2. The number of hydrogen-bond donors (Lipinski definition) is 4. The third-order valence-electron chi connectivity index (χ3n) is 5.97. The maximum Gasteiger partial charge on any atom is 0.243 e. The molecule has 0 spiro atoms. The van der Waals surface area contributed by atoms with E-state index in [-0.39, 0.29) is 17.8 Å². The summed E-state index contributed by atoms with van der Waals surface area (Å²) in [5.41, 5.74) is 13.6. The number of guanidine groups is 1. The van der Waals surface area contributed by atoms with Gasteiger partial charge in [0.15, 0.2) is 5.96 Å². The lowest BCUT2D eigenvalue weighted by Crippen LogP contribution is -2.48. The highest BCUT2D eigenvalue weighted by atomic mass is 16.5. The summed E-state index contributed by atoms with van der Waals surface area (Å²) >= 11 is 0. The summed E-state index contributed by atoms with van der Waals surface area (Å²) in [6, 6.07) is 26.1. The number of nitrogens with two attached hydrogens (primary N) is 2. The van der Waals surface area contributed by atoms with Gasteiger partial charge in [-0.1, -0.05) is 72.8 Å². The highest BCUT2D eigenvalue weighted by Gasteiger charge is 2.27. The Balaban J connectivity index is 1.70. The van der Waals surface area contributed by atoms with Crippen LogP contribution in [0.3, 0.4) is 0 Å². The average molecular weight is 502 g/mol. The zero-order chi connectivity index (χ0) is 26.5. The highest BCUT2D eigenvalue weighted by Crippen LogP contribution is 2.24. The van der Waals surface area contributed by atoms with Crippen molar-refractivity contribution in [3.63, 3.8) is 0 Å². The molecule has 0 fully saturated rings. The second-order valence-electron chi connectivity index (χ2n) is 8.66. The Morgan fingerprint density at radius 3 is 2.14 bits per heavy atom. The van der Waals surface area contributed by atoms with E-state index >= 15 is 0 Å². The fourth-order valence-electron chi connectivity index (χ4n) is 4.12. The van der Waals surface area contributed by atoms with Crippen LogP contribution in [-0.4, -0.2) is 44.0 Å². The second-order valence-corrected chi connectivity index (χ2v) is 8.66. The van der Waals surface area contributed by atoms with Gasteiger partial charge in [-0.2, -0.15) is 0 Å². The van der Waals surface area contributed by atoms with E-state index in [1.54, 1.807) is 7.11 Å². The molecule has 194 valence electrons. The van der Waals surface area contributed by atoms with Crippen LogP contribution in [0.25, 0.3) is 0 Å². The molecule has 0 bridgehead atoms. The van der Waals surface area contributed by atoms with E-state index in [9.17, 15) is 9.59 Å². The fraction of sp³-hybridized carbons (Fsp3) is 0.276. The van der Waals surface area contributed by atoms with E-state index in [2.05, 4.69) is 15.6 Å². The van der Waals surface area contributed by atoms with Gasteiger partial charge in [-0.15, -0.1) is 0 Å². The minimum Gasteiger partial charge on any atom is -0.497 e. The molecule has 0 aliphatic carbocycles. The van der Waals surface area contributed by atoms with Crippen molar-refractivity contribution in [2.45, 2.75) is 31.2 Å². The monoisotopic (exact) mass is 501 g/mol. The Bertz CT molecular complexity index is 1120. The smallest absolute Gasteiger partial charge is 0.243 e. The van der Waals surface area contributed by atoms with Gasteiger partial charge in [0.05, 0.1) is 19.1 Å². The fourth-order valence-corrected chi connectivity index (χ4v) is 4.12. The van der Waals surface area contributed by atoms with Gasteiger partial charge in [-0.25, -0.2) is 0 Å². The van der Waals surface area contributed by atoms with Gasteiger partial charge in [0.25, 0.3) is 0 Å². The molecular formula is C29H35N5O3. The third kappa shape index (κ3) is 8.77. The molecule has 0 saturated carbocycles. The number of hydrogen-bond acceptors (Lipinski definition) is 5. The Morgan fingerprint density at radius 1 is 0.892 bits per heavy atom. The van der Waals surface area contributed by atoms with E-state index < -0.39 is 12.0 Å². The highest BCUT2D eigenvalue weighted by molar-refractivity contribution is 6.01. The van der Waals surface area contributed by atoms with Crippen molar-refractivity contribution in [1.29, 1.82) is 0 Å². The zero-order valence-electron chi connectivity index (χ0n) is 21.1. The van der Waals surface area contributed by atoms with Crippen molar-refractivity contribution in [2.24, 2.45) is 16.5 Å². The molecule has 0 aliphatic heterocycles. The van der Waals surface area contributed by atoms with Crippen LogP contribution in [0.5, 0.6) is 5.75 Å². The molecule has 37 heavy (non-hydrogen) atoms. The molecule has 6 N–H and O–H groups in total. The van der Waals surface area contributed by atoms with Crippen molar-refractivity contribution >= 4 is 17.8 Å². The van der Waals surface area contributed by atoms with Crippen molar-refractivity contribution in [2.75, 3.05) is 20.2 Å². The van der Waals surface area contributed by atoms with Gasteiger partial charge in [0, 0.05) is 6.54 Å².